The Morgan fingerprint density at radius 2 is 2.10 bits per heavy atom. The molecule has 1 aliphatic rings. The molecule has 2 amide bonds. The van der Waals surface area contributed by atoms with E-state index in [1.54, 1.807) is 23.2 Å². The Morgan fingerprint density at radius 3 is 2.90 bits per heavy atom. The number of benzene rings is 1. The van der Waals surface area contributed by atoms with Gasteiger partial charge in [-0.3, -0.25) is 5.32 Å². The molecule has 0 atom stereocenters. The highest BCUT2D eigenvalue weighted by atomic mass is 32.1. The lowest BCUT2D eigenvalue weighted by Gasteiger charge is -2.26. The van der Waals surface area contributed by atoms with Gasteiger partial charge >= 0.3 is 6.03 Å². The van der Waals surface area contributed by atoms with Crippen molar-refractivity contribution in [2.24, 2.45) is 0 Å². The molecular weight excluding hydrogens is 415 g/mol. The first-order valence-corrected chi connectivity index (χ1v) is 10.7. The van der Waals surface area contributed by atoms with Crippen molar-refractivity contribution in [3.8, 4) is 0 Å². The maximum Gasteiger partial charge on any atom is 0.323 e. The Labute approximate surface area is 181 Å². The van der Waals surface area contributed by atoms with Gasteiger partial charge in [0.15, 0.2) is 0 Å². The normalized spacial score (nSPS) is 14.0. The summed E-state index contributed by atoms with van der Waals surface area (Å²) in [5, 5.41) is 13.3. The number of amides is 2. The number of aromatic amines is 1. The van der Waals surface area contributed by atoms with Crippen molar-refractivity contribution in [1.82, 2.24) is 25.1 Å². The third-order valence-electron chi connectivity index (χ3n) is 5.24. The molecule has 0 aliphatic carbocycles. The number of nitrogens with zero attached hydrogens (tertiary/aromatic N) is 4. The largest absolute Gasteiger partial charge is 0.346 e. The minimum atomic E-state index is -0.269. The lowest BCUT2D eigenvalue weighted by molar-refractivity contribution is 0.217. The van der Waals surface area contributed by atoms with Crippen molar-refractivity contribution < 1.29 is 9.18 Å². The number of rotatable bonds is 4. The number of carbonyl (C=O) groups excluding carboxylic acids is 1. The SMILES string of the molecule is O=C(Nc1nnc(Cc2ccc(F)cc2)s1)N1CC=C(c2c[nH]c3ncccc23)CC1. The van der Waals surface area contributed by atoms with E-state index in [1.807, 2.05) is 18.3 Å². The van der Waals surface area contributed by atoms with Gasteiger partial charge in [0.05, 0.1) is 0 Å². The number of nitrogens with one attached hydrogen (secondary N) is 2. The number of fused-ring (bicyclic) bond motifs is 1. The molecule has 4 aromatic rings. The van der Waals surface area contributed by atoms with E-state index in [9.17, 15) is 9.18 Å². The molecule has 0 spiro atoms. The molecule has 2 N–H and O–H groups in total. The molecule has 5 rings (SSSR count). The zero-order valence-electron chi connectivity index (χ0n) is 16.5. The van der Waals surface area contributed by atoms with Crippen LogP contribution in [0.5, 0.6) is 0 Å². The van der Waals surface area contributed by atoms with Gasteiger partial charge in [0.1, 0.15) is 16.5 Å². The van der Waals surface area contributed by atoms with Crippen LogP contribution in [-0.2, 0) is 6.42 Å². The molecule has 4 heterocycles. The fraction of sp³-hybridized carbons (Fsp3) is 0.182. The predicted molar refractivity (Wildman–Crippen MR) is 118 cm³/mol. The molecule has 0 saturated heterocycles. The molecule has 0 saturated carbocycles. The van der Waals surface area contributed by atoms with Gasteiger partial charge in [-0.25, -0.2) is 14.2 Å². The summed E-state index contributed by atoms with van der Waals surface area (Å²) in [7, 11) is 0. The summed E-state index contributed by atoms with van der Waals surface area (Å²) in [5.74, 6) is -0.269. The lowest BCUT2D eigenvalue weighted by atomic mass is 10.00. The van der Waals surface area contributed by atoms with Crippen LogP contribution in [0.1, 0.15) is 22.6 Å². The highest BCUT2D eigenvalue weighted by Gasteiger charge is 2.20. The number of pyridine rings is 1. The third kappa shape index (κ3) is 4.17. The molecule has 1 aliphatic heterocycles. The minimum absolute atomic E-state index is 0.194. The van der Waals surface area contributed by atoms with E-state index in [-0.39, 0.29) is 11.8 Å². The molecule has 31 heavy (non-hydrogen) atoms. The lowest BCUT2D eigenvalue weighted by Crippen LogP contribution is -2.37. The number of halogens is 1. The van der Waals surface area contributed by atoms with Crippen molar-refractivity contribution in [3.63, 3.8) is 0 Å². The maximum absolute atomic E-state index is 13.0. The van der Waals surface area contributed by atoms with E-state index >= 15 is 0 Å². The van der Waals surface area contributed by atoms with E-state index in [1.165, 1.54) is 29.0 Å². The highest BCUT2D eigenvalue weighted by molar-refractivity contribution is 7.15. The second-order valence-corrected chi connectivity index (χ2v) is 8.32. The summed E-state index contributed by atoms with van der Waals surface area (Å²) < 4.78 is 13.0. The molecule has 0 radical (unpaired) electrons. The van der Waals surface area contributed by atoms with E-state index < -0.39 is 0 Å². The van der Waals surface area contributed by atoms with Gasteiger partial charge in [0.2, 0.25) is 5.13 Å². The molecule has 1 aromatic carbocycles. The Hall–Kier alpha value is -3.59. The molecule has 0 unspecified atom stereocenters. The molecule has 0 fully saturated rings. The first-order valence-electron chi connectivity index (χ1n) is 9.90. The summed E-state index contributed by atoms with van der Waals surface area (Å²) in [6, 6.07) is 10.1. The second kappa shape index (κ2) is 8.27. The average molecular weight is 435 g/mol. The fourth-order valence-electron chi connectivity index (χ4n) is 3.64. The monoisotopic (exact) mass is 434 g/mol. The van der Waals surface area contributed by atoms with Crippen molar-refractivity contribution in [3.05, 3.63) is 76.8 Å². The van der Waals surface area contributed by atoms with Crippen LogP contribution in [0.3, 0.4) is 0 Å². The van der Waals surface area contributed by atoms with Crippen LogP contribution in [0, 0.1) is 5.82 Å². The van der Waals surface area contributed by atoms with Gasteiger partial charge in [0, 0.05) is 42.9 Å². The number of urea groups is 1. The van der Waals surface area contributed by atoms with Crippen molar-refractivity contribution >= 4 is 39.1 Å². The third-order valence-corrected chi connectivity index (χ3v) is 6.08. The van der Waals surface area contributed by atoms with E-state index in [0.29, 0.717) is 24.6 Å². The van der Waals surface area contributed by atoms with Crippen LogP contribution in [0.2, 0.25) is 0 Å². The van der Waals surface area contributed by atoms with Crippen LogP contribution in [0.15, 0.2) is 54.9 Å². The molecule has 9 heteroatoms. The first-order chi connectivity index (χ1) is 15.2. The number of H-pyrrole nitrogens is 1. The fourth-order valence-corrected chi connectivity index (χ4v) is 4.41. The second-order valence-electron chi connectivity index (χ2n) is 7.26. The number of hydrogen-bond donors (Lipinski definition) is 2. The number of hydrogen-bond acceptors (Lipinski definition) is 5. The molecular formula is C22H19FN6OS. The smallest absolute Gasteiger partial charge is 0.323 e. The van der Waals surface area contributed by atoms with E-state index in [0.717, 1.165) is 33.6 Å². The Kier molecular flexibility index (Phi) is 5.17. The van der Waals surface area contributed by atoms with Crippen LogP contribution in [0.4, 0.5) is 14.3 Å². The standard InChI is InChI=1S/C22H19FN6OS/c23-16-5-3-14(4-6-16)12-19-27-28-21(31-19)26-22(30)29-10-7-15(8-11-29)18-13-25-20-17(18)2-1-9-24-20/h1-7,9,13H,8,10-12H2,(H,24,25)(H,26,28,30). The first kappa shape index (κ1) is 19.4. The van der Waals surface area contributed by atoms with Crippen molar-refractivity contribution in [2.75, 3.05) is 18.4 Å². The number of aromatic nitrogens is 4. The highest BCUT2D eigenvalue weighted by Crippen LogP contribution is 2.28. The molecule has 7 nitrogen and oxygen atoms in total. The topological polar surface area (TPSA) is 86.8 Å². The number of anilines is 1. The summed E-state index contributed by atoms with van der Waals surface area (Å²) in [6.07, 6.45) is 7.13. The van der Waals surface area contributed by atoms with Gasteiger partial charge < -0.3 is 9.88 Å². The van der Waals surface area contributed by atoms with Crippen molar-refractivity contribution in [1.29, 1.82) is 0 Å². The summed E-state index contributed by atoms with van der Waals surface area (Å²) in [6.45, 7) is 1.14. The van der Waals surface area contributed by atoms with E-state index in [2.05, 4.69) is 31.6 Å². The molecule has 0 bridgehead atoms. The average Bonchev–Trinajstić information content (AvgIpc) is 3.42. The summed E-state index contributed by atoms with van der Waals surface area (Å²) in [4.78, 5) is 21.9. The Balaban J connectivity index is 1.21. The number of carbonyl (C=O) groups is 1. The van der Waals surface area contributed by atoms with Gasteiger partial charge in [-0.2, -0.15) is 0 Å². The van der Waals surface area contributed by atoms with Crippen LogP contribution in [-0.4, -0.2) is 44.2 Å². The zero-order valence-corrected chi connectivity index (χ0v) is 17.3. The van der Waals surface area contributed by atoms with Gasteiger partial charge in [-0.05, 0) is 41.8 Å². The zero-order chi connectivity index (χ0) is 21.2. The van der Waals surface area contributed by atoms with Gasteiger partial charge in [-0.15, -0.1) is 10.2 Å². The van der Waals surface area contributed by atoms with Gasteiger partial charge in [0.25, 0.3) is 0 Å². The van der Waals surface area contributed by atoms with Crippen LogP contribution >= 0.6 is 11.3 Å². The maximum atomic E-state index is 13.0. The van der Waals surface area contributed by atoms with Crippen molar-refractivity contribution in [2.45, 2.75) is 12.8 Å². The van der Waals surface area contributed by atoms with Crippen LogP contribution in [0.25, 0.3) is 16.6 Å². The Bertz CT molecular complexity index is 1260. The predicted octanol–water partition coefficient (Wildman–Crippen LogP) is 4.47. The van der Waals surface area contributed by atoms with E-state index in [4.69, 9.17) is 0 Å². The Morgan fingerprint density at radius 1 is 1.23 bits per heavy atom. The van der Waals surface area contributed by atoms with Gasteiger partial charge in [-0.1, -0.05) is 29.5 Å². The summed E-state index contributed by atoms with van der Waals surface area (Å²) >= 11 is 1.32. The molecule has 3 aromatic heterocycles. The van der Waals surface area contributed by atoms with Crippen LogP contribution < -0.4 is 5.32 Å². The quantitative estimate of drug-likeness (QED) is 0.496. The minimum Gasteiger partial charge on any atom is -0.346 e. The summed E-state index contributed by atoms with van der Waals surface area (Å²) in [5.41, 5.74) is 4.15. The molecule has 156 valence electrons.